The highest BCUT2D eigenvalue weighted by molar-refractivity contribution is 5.54. The Hall–Kier alpha value is -2.24. The van der Waals surface area contributed by atoms with E-state index in [1.165, 1.54) is 24.5 Å². The van der Waals surface area contributed by atoms with Crippen molar-refractivity contribution in [1.29, 1.82) is 0 Å². The molecule has 16 heavy (non-hydrogen) atoms. The Morgan fingerprint density at radius 1 is 1.12 bits per heavy atom. The monoisotopic (exact) mass is 222 g/mol. The summed E-state index contributed by atoms with van der Waals surface area (Å²) in [4.78, 5) is 7.62. The summed E-state index contributed by atoms with van der Waals surface area (Å²) in [7, 11) is 0. The molecule has 1 aromatic carbocycles. The molecule has 0 unspecified atom stereocenters. The number of aromatic nitrogens is 2. The van der Waals surface area contributed by atoms with E-state index in [-0.39, 0.29) is 11.6 Å². The van der Waals surface area contributed by atoms with Crippen LogP contribution in [0.15, 0.2) is 30.6 Å². The molecule has 0 saturated carbocycles. The van der Waals surface area contributed by atoms with Gasteiger partial charge in [-0.3, -0.25) is 0 Å². The summed E-state index contributed by atoms with van der Waals surface area (Å²) in [5.41, 5.74) is 5.76. The van der Waals surface area contributed by atoms with Gasteiger partial charge in [0, 0.05) is 0 Å². The highest BCUT2D eigenvalue weighted by Gasteiger charge is 2.08. The lowest BCUT2D eigenvalue weighted by Crippen LogP contribution is -2.00. The Balaban J connectivity index is 2.27. The predicted molar refractivity (Wildman–Crippen MR) is 56.1 cm³/mol. The maximum Gasteiger partial charge on any atom is 0.227 e. The molecule has 6 heteroatoms. The molecule has 0 bridgehead atoms. The smallest absolute Gasteiger partial charge is 0.227 e. The minimum atomic E-state index is -0.970. The van der Waals surface area contributed by atoms with E-state index in [9.17, 15) is 8.78 Å². The molecule has 0 atom stereocenters. The summed E-state index contributed by atoms with van der Waals surface area (Å²) in [5, 5.41) is 2.55. The summed E-state index contributed by atoms with van der Waals surface area (Å²) in [6, 6.07) is 3.81. The van der Waals surface area contributed by atoms with Gasteiger partial charge >= 0.3 is 0 Å². The van der Waals surface area contributed by atoms with Gasteiger partial charge in [0.15, 0.2) is 11.6 Å². The van der Waals surface area contributed by atoms with Crippen LogP contribution in [-0.4, -0.2) is 9.97 Å². The fourth-order valence-electron chi connectivity index (χ4n) is 1.12. The lowest BCUT2D eigenvalue weighted by Gasteiger charge is -2.05. The van der Waals surface area contributed by atoms with Gasteiger partial charge in [-0.15, -0.1) is 0 Å². The first-order valence-electron chi connectivity index (χ1n) is 4.45. The van der Waals surface area contributed by atoms with Crippen molar-refractivity contribution in [3.05, 3.63) is 42.2 Å². The van der Waals surface area contributed by atoms with E-state index in [4.69, 9.17) is 5.73 Å². The second-order valence-corrected chi connectivity index (χ2v) is 3.07. The van der Waals surface area contributed by atoms with E-state index >= 15 is 0 Å². The summed E-state index contributed by atoms with van der Waals surface area (Å²) in [6.07, 6.45) is 2.74. The molecular weight excluding hydrogens is 214 g/mol. The molecule has 0 aliphatic heterocycles. The number of benzene rings is 1. The Morgan fingerprint density at radius 2 is 1.81 bits per heavy atom. The average Bonchev–Trinajstić information content (AvgIpc) is 2.28. The van der Waals surface area contributed by atoms with Crippen LogP contribution in [0.25, 0.3) is 0 Å². The minimum absolute atomic E-state index is 0.0234. The van der Waals surface area contributed by atoms with Gasteiger partial charge in [0.1, 0.15) is 0 Å². The highest BCUT2D eigenvalue weighted by atomic mass is 19.2. The van der Waals surface area contributed by atoms with Crippen LogP contribution >= 0.6 is 0 Å². The molecule has 0 fully saturated rings. The van der Waals surface area contributed by atoms with Gasteiger partial charge in [0.25, 0.3) is 0 Å². The lowest BCUT2D eigenvalue weighted by molar-refractivity contribution is 0.511. The second kappa shape index (κ2) is 4.09. The van der Waals surface area contributed by atoms with E-state index in [0.717, 1.165) is 6.07 Å². The molecule has 0 radical (unpaired) electrons. The summed E-state index contributed by atoms with van der Waals surface area (Å²) in [5.74, 6) is -1.75. The van der Waals surface area contributed by atoms with Crippen LogP contribution in [0.4, 0.5) is 26.1 Å². The molecule has 82 valence electrons. The molecule has 1 aromatic heterocycles. The van der Waals surface area contributed by atoms with E-state index in [2.05, 4.69) is 15.3 Å². The second-order valence-electron chi connectivity index (χ2n) is 3.07. The molecule has 0 spiro atoms. The van der Waals surface area contributed by atoms with E-state index in [1.807, 2.05) is 0 Å². The van der Waals surface area contributed by atoms with Crippen LogP contribution in [-0.2, 0) is 0 Å². The van der Waals surface area contributed by atoms with Crippen molar-refractivity contribution in [3.8, 4) is 0 Å². The van der Waals surface area contributed by atoms with Crippen LogP contribution in [0, 0.1) is 11.6 Å². The Morgan fingerprint density at radius 3 is 2.50 bits per heavy atom. The number of nitrogens with two attached hydrogens (primary N) is 1. The molecule has 1 heterocycles. The standard InChI is InChI=1S/C10H8F2N4/c11-7-2-1-3-8(9(7)12)16-10-14-4-6(13)5-15-10/h1-5H,13H2,(H,14,15,16). The van der Waals surface area contributed by atoms with Crippen molar-refractivity contribution >= 4 is 17.3 Å². The quantitative estimate of drug-likeness (QED) is 0.816. The SMILES string of the molecule is Nc1cnc(Nc2cccc(F)c2F)nc1. The molecule has 2 rings (SSSR count). The number of halogens is 2. The largest absolute Gasteiger partial charge is 0.396 e. The Bertz CT molecular complexity index is 499. The maximum absolute atomic E-state index is 13.2. The normalized spacial score (nSPS) is 10.1. The van der Waals surface area contributed by atoms with Crippen LogP contribution in [0.5, 0.6) is 0 Å². The first kappa shape index (κ1) is 10.3. The van der Waals surface area contributed by atoms with Gasteiger partial charge < -0.3 is 11.1 Å². The lowest BCUT2D eigenvalue weighted by atomic mass is 10.3. The van der Waals surface area contributed by atoms with Crippen molar-refractivity contribution in [2.75, 3.05) is 11.1 Å². The topological polar surface area (TPSA) is 63.8 Å². The van der Waals surface area contributed by atoms with Crippen molar-refractivity contribution < 1.29 is 8.78 Å². The molecule has 0 saturated heterocycles. The van der Waals surface area contributed by atoms with Gasteiger partial charge in [-0.25, -0.2) is 18.7 Å². The zero-order valence-corrected chi connectivity index (χ0v) is 8.11. The van der Waals surface area contributed by atoms with Crippen molar-refractivity contribution in [1.82, 2.24) is 9.97 Å². The summed E-state index contributed by atoms with van der Waals surface area (Å²) >= 11 is 0. The third-order valence-electron chi connectivity index (χ3n) is 1.87. The van der Waals surface area contributed by atoms with Crippen LogP contribution < -0.4 is 11.1 Å². The van der Waals surface area contributed by atoms with Crippen molar-refractivity contribution in [2.24, 2.45) is 0 Å². The van der Waals surface area contributed by atoms with Crippen LogP contribution in [0.1, 0.15) is 0 Å². The van der Waals surface area contributed by atoms with Gasteiger partial charge in [0.2, 0.25) is 5.95 Å². The molecule has 0 amide bonds. The van der Waals surface area contributed by atoms with Crippen molar-refractivity contribution in [2.45, 2.75) is 0 Å². The van der Waals surface area contributed by atoms with Crippen LogP contribution in [0.3, 0.4) is 0 Å². The summed E-state index contributed by atoms with van der Waals surface area (Å²) in [6.45, 7) is 0. The third-order valence-corrected chi connectivity index (χ3v) is 1.87. The zero-order chi connectivity index (χ0) is 11.5. The number of nitrogens with zero attached hydrogens (tertiary/aromatic N) is 2. The first-order valence-corrected chi connectivity index (χ1v) is 4.45. The molecule has 2 aromatic rings. The Kier molecular flexibility index (Phi) is 2.63. The fraction of sp³-hybridized carbons (Fsp3) is 0. The van der Waals surface area contributed by atoms with E-state index in [0.29, 0.717) is 5.69 Å². The van der Waals surface area contributed by atoms with Crippen molar-refractivity contribution in [3.63, 3.8) is 0 Å². The van der Waals surface area contributed by atoms with Gasteiger partial charge in [-0.1, -0.05) is 6.07 Å². The number of hydrogen-bond donors (Lipinski definition) is 2. The molecule has 3 N–H and O–H groups in total. The Labute approximate surface area is 90.1 Å². The van der Waals surface area contributed by atoms with Gasteiger partial charge in [-0.05, 0) is 12.1 Å². The average molecular weight is 222 g/mol. The highest BCUT2D eigenvalue weighted by Crippen LogP contribution is 2.19. The number of nitrogen functional groups attached to an aromatic ring is 1. The van der Waals surface area contributed by atoms with E-state index < -0.39 is 11.6 Å². The molecule has 0 aliphatic rings. The molecular formula is C10H8F2N4. The number of hydrogen-bond acceptors (Lipinski definition) is 4. The molecule has 0 aliphatic carbocycles. The van der Waals surface area contributed by atoms with Crippen LogP contribution in [0.2, 0.25) is 0 Å². The number of anilines is 3. The maximum atomic E-state index is 13.2. The van der Waals surface area contributed by atoms with Gasteiger partial charge in [0.05, 0.1) is 23.8 Å². The minimum Gasteiger partial charge on any atom is -0.396 e. The third kappa shape index (κ3) is 2.05. The van der Waals surface area contributed by atoms with Gasteiger partial charge in [-0.2, -0.15) is 0 Å². The number of nitrogens with one attached hydrogen (secondary N) is 1. The number of rotatable bonds is 2. The van der Waals surface area contributed by atoms with E-state index in [1.54, 1.807) is 0 Å². The zero-order valence-electron chi connectivity index (χ0n) is 8.11. The summed E-state index contributed by atoms with van der Waals surface area (Å²) < 4.78 is 26.1. The fourth-order valence-corrected chi connectivity index (χ4v) is 1.12. The first-order chi connectivity index (χ1) is 7.66. The molecule has 4 nitrogen and oxygen atoms in total. The predicted octanol–water partition coefficient (Wildman–Crippen LogP) is 2.08.